The van der Waals surface area contributed by atoms with Crippen LogP contribution < -0.4 is 5.32 Å². The Kier molecular flexibility index (Phi) is 5.81. The number of carbonyl (C=O) groups is 1. The second-order valence-electron chi connectivity index (χ2n) is 6.69. The van der Waals surface area contributed by atoms with Gasteiger partial charge in [0.25, 0.3) is 5.91 Å². The second-order valence-corrected chi connectivity index (χ2v) is 6.69. The van der Waals surface area contributed by atoms with E-state index in [0.29, 0.717) is 29.6 Å². The highest BCUT2D eigenvalue weighted by molar-refractivity contribution is 6.00. The van der Waals surface area contributed by atoms with Crippen molar-refractivity contribution in [3.63, 3.8) is 0 Å². The number of likely N-dealkylation sites (tertiary alicyclic amines) is 1. The van der Waals surface area contributed by atoms with Crippen LogP contribution in [0.5, 0.6) is 0 Å². The molecule has 134 valence electrons. The summed E-state index contributed by atoms with van der Waals surface area (Å²) in [7, 11) is 0. The molecule has 0 bridgehead atoms. The zero-order valence-electron chi connectivity index (χ0n) is 15.0. The Morgan fingerprint density at radius 3 is 2.92 bits per heavy atom. The number of nitrogens with one attached hydrogen (secondary N) is 1. The lowest BCUT2D eigenvalue weighted by molar-refractivity contribution is 0.0948. The van der Waals surface area contributed by atoms with Gasteiger partial charge in [-0.25, -0.2) is 0 Å². The van der Waals surface area contributed by atoms with Gasteiger partial charge in [-0.15, -0.1) is 0 Å². The smallest absolute Gasteiger partial charge is 0.257 e. The van der Waals surface area contributed by atoms with E-state index in [-0.39, 0.29) is 5.91 Å². The molecule has 3 heterocycles. The highest BCUT2D eigenvalue weighted by atomic mass is 16.5. The first kappa shape index (κ1) is 17.6. The van der Waals surface area contributed by atoms with Gasteiger partial charge in [0.05, 0.1) is 0 Å². The topological polar surface area (TPSA) is 71.3 Å². The predicted octanol–water partition coefficient (Wildman–Crippen LogP) is 3.04. The molecule has 1 atom stereocenters. The van der Waals surface area contributed by atoms with E-state index in [9.17, 15) is 4.79 Å². The van der Waals surface area contributed by atoms with Crippen LogP contribution in [0.15, 0.2) is 29.0 Å². The van der Waals surface area contributed by atoms with E-state index in [1.165, 1.54) is 25.8 Å². The number of carbonyl (C=O) groups excluding carboxylic acids is 1. The summed E-state index contributed by atoms with van der Waals surface area (Å²) in [5, 5.41) is 7.06. The summed E-state index contributed by atoms with van der Waals surface area (Å²) in [6.07, 6.45) is 8.21. The van der Waals surface area contributed by atoms with Crippen LogP contribution in [-0.2, 0) is 0 Å². The molecule has 3 rings (SSSR count). The van der Waals surface area contributed by atoms with E-state index in [0.717, 1.165) is 18.5 Å². The first-order chi connectivity index (χ1) is 12.2. The van der Waals surface area contributed by atoms with Crippen molar-refractivity contribution in [3.8, 4) is 11.3 Å². The average molecular weight is 342 g/mol. The predicted molar refractivity (Wildman–Crippen MR) is 96.3 cm³/mol. The number of hydrogen-bond acceptors (Lipinski definition) is 5. The van der Waals surface area contributed by atoms with Crippen molar-refractivity contribution in [2.45, 2.75) is 45.6 Å². The third-order valence-electron chi connectivity index (χ3n) is 4.89. The zero-order valence-corrected chi connectivity index (χ0v) is 15.0. The average Bonchev–Trinajstić information content (AvgIpc) is 3.02. The van der Waals surface area contributed by atoms with Crippen LogP contribution in [0.2, 0.25) is 0 Å². The molecule has 6 heteroatoms. The zero-order chi connectivity index (χ0) is 17.6. The number of pyridine rings is 1. The number of amides is 1. The summed E-state index contributed by atoms with van der Waals surface area (Å²) >= 11 is 0. The standard InChI is InChI=1S/C19H26N4O2/c1-14-6-3-4-12-23(14)13-5-9-21-19(24)17-15(2)25-22-18(17)16-7-10-20-11-8-16/h7-8,10-11,14H,3-6,9,12-13H2,1-2H3,(H,21,24). The van der Waals surface area contributed by atoms with Crippen molar-refractivity contribution in [2.75, 3.05) is 19.6 Å². The molecule has 1 amide bonds. The third kappa shape index (κ3) is 4.25. The molecule has 1 N–H and O–H groups in total. The van der Waals surface area contributed by atoms with E-state index in [1.54, 1.807) is 19.3 Å². The maximum atomic E-state index is 12.6. The molecule has 0 spiro atoms. The number of rotatable bonds is 6. The number of hydrogen-bond donors (Lipinski definition) is 1. The van der Waals surface area contributed by atoms with Crippen LogP contribution in [-0.4, -0.2) is 46.6 Å². The van der Waals surface area contributed by atoms with Crippen molar-refractivity contribution >= 4 is 5.91 Å². The Bertz CT molecular complexity index is 699. The third-order valence-corrected chi connectivity index (χ3v) is 4.89. The van der Waals surface area contributed by atoms with E-state index < -0.39 is 0 Å². The Morgan fingerprint density at radius 2 is 2.16 bits per heavy atom. The highest BCUT2D eigenvalue weighted by Gasteiger charge is 2.22. The molecular weight excluding hydrogens is 316 g/mol. The molecule has 1 saturated heterocycles. The van der Waals surface area contributed by atoms with Crippen LogP contribution in [0.4, 0.5) is 0 Å². The van der Waals surface area contributed by atoms with E-state index >= 15 is 0 Å². The largest absolute Gasteiger partial charge is 0.360 e. The lowest BCUT2D eigenvalue weighted by atomic mass is 10.0. The highest BCUT2D eigenvalue weighted by Crippen LogP contribution is 2.24. The fourth-order valence-electron chi connectivity index (χ4n) is 3.41. The van der Waals surface area contributed by atoms with Crippen molar-refractivity contribution in [1.82, 2.24) is 20.4 Å². The van der Waals surface area contributed by atoms with Gasteiger partial charge in [0, 0.05) is 37.1 Å². The van der Waals surface area contributed by atoms with Crippen LogP contribution in [0.1, 0.15) is 48.7 Å². The van der Waals surface area contributed by atoms with Crippen LogP contribution in [0.3, 0.4) is 0 Å². The van der Waals surface area contributed by atoms with Gasteiger partial charge in [0.1, 0.15) is 17.0 Å². The summed E-state index contributed by atoms with van der Waals surface area (Å²) < 4.78 is 5.25. The monoisotopic (exact) mass is 342 g/mol. The summed E-state index contributed by atoms with van der Waals surface area (Å²) in [5.41, 5.74) is 1.92. The maximum Gasteiger partial charge on any atom is 0.257 e. The van der Waals surface area contributed by atoms with Crippen molar-refractivity contribution in [3.05, 3.63) is 35.9 Å². The Hall–Kier alpha value is -2.21. The Labute approximate surface area is 148 Å². The lowest BCUT2D eigenvalue weighted by Crippen LogP contribution is -2.39. The molecular formula is C19H26N4O2. The molecule has 0 saturated carbocycles. The fraction of sp³-hybridized carbons (Fsp3) is 0.526. The minimum Gasteiger partial charge on any atom is -0.360 e. The van der Waals surface area contributed by atoms with Crippen LogP contribution in [0, 0.1) is 6.92 Å². The molecule has 1 aliphatic heterocycles. The normalized spacial score (nSPS) is 18.2. The Balaban J connectivity index is 1.56. The van der Waals surface area contributed by atoms with Gasteiger partial charge in [0.2, 0.25) is 0 Å². The molecule has 6 nitrogen and oxygen atoms in total. The molecule has 2 aromatic rings. The second kappa shape index (κ2) is 8.25. The summed E-state index contributed by atoms with van der Waals surface area (Å²) in [6.45, 7) is 6.91. The first-order valence-electron chi connectivity index (χ1n) is 9.05. The first-order valence-corrected chi connectivity index (χ1v) is 9.05. The number of aromatic nitrogens is 2. The molecule has 25 heavy (non-hydrogen) atoms. The summed E-state index contributed by atoms with van der Waals surface area (Å²) in [4.78, 5) is 19.1. The van der Waals surface area contributed by atoms with Crippen LogP contribution in [0.25, 0.3) is 11.3 Å². The molecule has 1 aliphatic rings. The fourth-order valence-corrected chi connectivity index (χ4v) is 3.41. The van der Waals surface area contributed by atoms with E-state index in [2.05, 4.69) is 27.3 Å². The van der Waals surface area contributed by atoms with Crippen LogP contribution >= 0.6 is 0 Å². The van der Waals surface area contributed by atoms with E-state index in [4.69, 9.17) is 4.52 Å². The minimum absolute atomic E-state index is 0.128. The summed E-state index contributed by atoms with van der Waals surface area (Å²) in [5.74, 6) is 0.409. The number of piperidine rings is 1. The van der Waals surface area contributed by atoms with Gasteiger partial charge in [-0.2, -0.15) is 0 Å². The van der Waals surface area contributed by atoms with Gasteiger partial charge in [0.15, 0.2) is 0 Å². The van der Waals surface area contributed by atoms with Gasteiger partial charge in [-0.3, -0.25) is 9.78 Å². The van der Waals surface area contributed by atoms with Crippen molar-refractivity contribution in [2.24, 2.45) is 0 Å². The number of nitrogens with zero attached hydrogens (tertiary/aromatic N) is 3. The van der Waals surface area contributed by atoms with Crippen molar-refractivity contribution < 1.29 is 9.32 Å². The van der Waals surface area contributed by atoms with Crippen molar-refractivity contribution in [1.29, 1.82) is 0 Å². The molecule has 1 unspecified atom stereocenters. The molecule has 0 aromatic carbocycles. The molecule has 2 aromatic heterocycles. The van der Waals surface area contributed by atoms with Gasteiger partial charge >= 0.3 is 0 Å². The van der Waals surface area contributed by atoms with E-state index in [1.807, 2.05) is 12.1 Å². The molecule has 0 aliphatic carbocycles. The Morgan fingerprint density at radius 1 is 1.36 bits per heavy atom. The quantitative estimate of drug-likeness (QED) is 0.817. The number of aryl methyl sites for hydroxylation is 1. The minimum atomic E-state index is -0.128. The lowest BCUT2D eigenvalue weighted by Gasteiger charge is -2.33. The SMILES string of the molecule is Cc1onc(-c2ccncc2)c1C(=O)NCCCN1CCCCC1C. The molecule has 0 radical (unpaired) electrons. The molecule has 1 fully saturated rings. The maximum absolute atomic E-state index is 12.6. The van der Waals surface area contributed by atoms with Gasteiger partial charge in [-0.1, -0.05) is 11.6 Å². The van der Waals surface area contributed by atoms with Gasteiger partial charge < -0.3 is 14.7 Å². The van der Waals surface area contributed by atoms with Gasteiger partial charge in [-0.05, 0) is 51.8 Å². The summed E-state index contributed by atoms with van der Waals surface area (Å²) in [6, 6.07) is 4.31.